The third kappa shape index (κ3) is 3.65. The van der Waals surface area contributed by atoms with Crippen molar-refractivity contribution >= 4 is 17.3 Å². The van der Waals surface area contributed by atoms with Gasteiger partial charge in [-0.2, -0.15) is 0 Å². The number of rotatable bonds is 5. The van der Waals surface area contributed by atoms with Crippen LogP contribution in [-0.4, -0.2) is 6.61 Å². The molecule has 0 saturated heterocycles. The fourth-order valence-electron chi connectivity index (χ4n) is 1.94. The van der Waals surface area contributed by atoms with E-state index < -0.39 is 0 Å². The van der Waals surface area contributed by atoms with Gasteiger partial charge in [-0.05, 0) is 43.7 Å². The van der Waals surface area contributed by atoms with Crippen molar-refractivity contribution in [2.24, 2.45) is 0 Å². The number of nitrogens with one attached hydrogen (secondary N) is 1. The molecule has 2 rings (SSSR count). The van der Waals surface area contributed by atoms with Gasteiger partial charge >= 0.3 is 0 Å². The maximum atomic E-state index is 6.05. The summed E-state index contributed by atoms with van der Waals surface area (Å²) in [5.41, 5.74) is 3.42. The molecule has 100 valence electrons. The van der Waals surface area contributed by atoms with Crippen LogP contribution in [0.4, 0.5) is 5.69 Å². The molecule has 0 bridgehead atoms. The predicted molar refractivity (Wildman–Crippen MR) is 81.1 cm³/mol. The summed E-state index contributed by atoms with van der Waals surface area (Å²) in [6.07, 6.45) is 0. The molecule has 1 N–H and O–H groups in total. The number of benzene rings is 2. The third-order valence-electron chi connectivity index (χ3n) is 2.94. The summed E-state index contributed by atoms with van der Waals surface area (Å²) < 4.78 is 5.61. The minimum Gasteiger partial charge on any atom is -0.494 e. The van der Waals surface area contributed by atoms with Crippen molar-refractivity contribution in [3.8, 4) is 5.75 Å². The summed E-state index contributed by atoms with van der Waals surface area (Å²) in [6.45, 7) is 5.41. The lowest BCUT2D eigenvalue weighted by molar-refractivity contribution is 0.337. The molecule has 0 atom stereocenters. The number of para-hydroxylation sites is 1. The summed E-state index contributed by atoms with van der Waals surface area (Å²) >= 11 is 6.05. The molecule has 2 nitrogen and oxygen atoms in total. The number of hydrogen-bond acceptors (Lipinski definition) is 2. The Morgan fingerprint density at radius 3 is 2.68 bits per heavy atom. The number of halogens is 1. The second kappa shape index (κ2) is 6.48. The van der Waals surface area contributed by atoms with Gasteiger partial charge in [0.15, 0.2) is 0 Å². The van der Waals surface area contributed by atoms with Crippen LogP contribution in [0.25, 0.3) is 0 Å². The van der Waals surface area contributed by atoms with Crippen LogP contribution in [0, 0.1) is 6.92 Å². The van der Waals surface area contributed by atoms with E-state index in [1.165, 1.54) is 5.56 Å². The van der Waals surface area contributed by atoms with Crippen LogP contribution in [0.3, 0.4) is 0 Å². The zero-order chi connectivity index (χ0) is 13.7. The van der Waals surface area contributed by atoms with Crippen molar-refractivity contribution in [3.63, 3.8) is 0 Å². The van der Waals surface area contributed by atoms with Crippen LogP contribution < -0.4 is 10.1 Å². The highest BCUT2D eigenvalue weighted by atomic mass is 35.5. The molecular formula is C16H18ClNO. The molecule has 19 heavy (non-hydrogen) atoms. The van der Waals surface area contributed by atoms with E-state index in [4.69, 9.17) is 16.3 Å². The van der Waals surface area contributed by atoms with E-state index in [2.05, 4.69) is 24.4 Å². The van der Waals surface area contributed by atoms with Gasteiger partial charge in [0.25, 0.3) is 0 Å². The molecule has 0 heterocycles. The smallest absolute Gasteiger partial charge is 0.124 e. The average Bonchev–Trinajstić information content (AvgIpc) is 2.41. The van der Waals surface area contributed by atoms with Gasteiger partial charge in [0.1, 0.15) is 5.75 Å². The summed E-state index contributed by atoms with van der Waals surface area (Å²) in [7, 11) is 0. The molecular weight excluding hydrogens is 258 g/mol. The predicted octanol–water partition coefficient (Wildman–Crippen LogP) is 4.66. The molecule has 0 aliphatic rings. The Bertz CT molecular complexity index is 554. The standard InChI is InChI=1S/C16H18ClNO/c1-3-19-16-9-8-14(17)10-13(16)11-18-15-7-5-4-6-12(15)2/h4-10,18H,3,11H2,1-2H3. The Labute approximate surface area is 119 Å². The fraction of sp³-hybridized carbons (Fsp3) is 0.250. The van der Waals surface area contributed by atoms with E-state index in [0.29, 0.717) is 13.2 Å². The van der Waals surface area contributed by atoms with Crippen molar-refractivity contribution in [2.75, 3.05) is 11.9 Å². The summed E-state index contributed by atoms with van der Waals surface area (Å²) in [5, 5.41) is 4.14. The van der Waals surface area contributed by atoms with Gasteiger partial charge in [-0.3, -0.25) is 0 Å². The van der Waals surface area contributed by atoms with E-state index in [-0.39, 0.29) is 0 Å². The minimum atomic E-state index is 0.652. The molecule has 0 spiro atoms. The van der Waals surface area contributed by atoms with Gasteiger partial charge in [-0.1, -0.05) is 29.8 Å². The monoisotopic (exact) mass is 275 g/mol. The lowest BCUT2D eigenvalue weighted by Crippen LogP contribution is -2.04. The lowest BCUT2D eigenvalue weighted by Gasteiger charge is -2.13. The molecule has 0 saturated carbocycles. The number of aryl methyl sites for hydroxylation is 1. The first-order chi connectivity index (χ1) is 9.20. The zero-order valence-corrected chi connectivity index (χ0v) is 12.0. The van der Waals surface area contributed by atoms with Crippen LogP contribution in [0.15, 0.2) is 42.5 Å². The Balaban J connectivity index is 2.14. The number of ether oxygens (including phenoxy) is 1. The van der Waals surface area contributed by atoms with Gasteiger partial charge in [0, 0.05) is 22.8 Å². The van der Waals surface area contributed by atoms with Gasteiger partial charge in [-0.25, -0.2) is 0 Å². The first-order valence-electron chi connectivity index (χ1n) is 6.41. The van der Waals surface area contributed by atoms with Crippen molar-refractivity contribution in [2.45, 2.75) is 20.4 Å². The van der Waals surface area contributed by atoms with Gasteiger partial charge in [-0.15, -0.1) is 0 Å². The van der Waals surface area contributed by atoms with Crippen LogP contribution in [0.5, 0.6) is 5.75 Å². The zero-order valence-electron chi connectivity index (χ0n) is 11.2. The van der Waals surface area contributed by atoms with Gasteiger partial charge in [0.05, 0.1) is 6.61 Å². The second-order valence-electron chi connectivity index (χ2n) is 4.35. The first-order valence-corrected chi connectivity index (χ1v) is 6.79. The Morgan fingerprint density at radius 1 is 1.16 bits per heavy atom. The summed E-state index contributed by atoms with van der Waals surface area (Å²) in [4.78, 5) is 0. The van der Waals surface area contributed by atoms with E-state index in [1.807, 2.05) is 37.3 Å². The van der Waals surface area contributed by atoms with Gasteiger partial charge in [0.2, 0.25) is 0 Å². The summed E-state index contributed by atoms with van der Waals surface area (Å²) in [5.74, 6) is 0.882. The molecule has 0 radical (unpaired) electrons. The summed E-state index contributed by atoms with van der Waals surface area (Å²) in [6, 6.07) is 13.9. The molecule has 0 aliphatic carbocycles. The highest BCUT2D eigenvalue weighted by molar-refractivity contribution is 6.30. The van der Waals surface area contributed by atoms with Crippen LogP contribution in [-0.2, 0) is 6.54 Å². The van der Waals surface area contributed by atoms with E-state index in [9.17, 15) is 0 Å². The lowest BCUT2D eigenvalue weighted by atomic mass is 10.1. The van der Waals surface area contributed by atoms with Crippen molar-refractivity contribution < 1.29 is 4.74 Å². The third-order valence-corrected chi connectivity index (χ3v) is 3.17. The topological polar surface area (TPSA) is 21.3 Å². The maximum absolute atomic E-state index is 6.05. The SMILES string of the molecule is CCOc1ccc(Cl)cc1CNc1ccccc1C. The molecule has 0 fully saturated rings. The maximum Gasteiger partial charge on any atom is 0.124 e. The Hall–Kier alpha value is -1.67. The quantitative estimate of drug-likeness (QED) is 0.857. The molecule has 0 aromatic heterocycles. The van der Waals surface area contributed by atoms with Crippen molar-refractivity contribution in [1.82, 2.24) is 0 Å². The molecule has 0 aliphatic heterocycles. The van der Waals surface area contributed by atoms with E-state index in [1.54, 1.807) is 0 Å². The van der Waals surface area contributed by atoms with Crippen molar-refractivity contribution in [1.29, 1.82) is 0 Å². The van der Waals surface area contributed by atoms with Crippen molar-refractivity contribution in [3.05, 3.63) is 58.6 Å². The number of anilines is 1. The molecule has 0 unspecified atom stereocenters. The molecule has 3 heteroatoms. The van der Waals surface area contributed by atoms with Gasteiger partial charge < -0.3 is 10.1 Å². The van der Waals surface area contributed by atoms with Crippen LogP contribution in [0.1, 0.15) is 18.1 Å². The van der Waals surface area contributed by atoms with Crippen LogP contribution >= 0.6 is 11.6 Å². The molecule has 2 aromatic carbocycles. The average molecular weight is 276 g/mol. The minimum absolute atomic E-state index is 0.652. The second-order valence-corrected chi connectivity index (χ2v) is 4.79. The van der Waals surface area contributed by atoms with E-state index in [0.717, 1.165) is 22.0 Å². The first kappa shape index (κ1) is 13.8. The fourth-order valence-corrected chi connectivity index (χ4v) is 2.14. The molecule has 2 aromatic rings. The highest BCUT2D eigenvalue weighted by Crippen LogP contribution is 2.24. The normalized spacial score (nSPS) is 10.3. The Kier molecular flexibility index (Phi) is 4.69. The largest absolute Gasteiger partial charge is 0.494 e. The van der Waals surface area contributed by atoms with Crippen LogP contribution in [0.2, 0.25) is 5.02 Å². The Morgan fingerprint density at radius 2 is 1.95 bits per heavy atom. The number of hydrogen-bond donors (Lipinski definition) is 1. The highest BCUT2D eigenvalue weighted by Gasteiger charge is 2.05. The molecule has 0 amide bonds. The van der Waals surface area contributed by atoms with E-state index >= 15 is 0 Å².